The van der Waals surface area contributed by atoms with E-state index in [-0.39, 0.29) is 12.4 Å². The van der Waals surface area contributed by atoms with Crippen LogP contribution in [0.1, 0.15) is 37.3 Å². The molecule has 130 valence electrons. The molecule has 0 saturated carbocycles. The highest BCUT2D eigenvalue weighted by molar-refractivity contribution is 5.85. The van der Waals surface area contributed by atoms with Crippen molar-refractivity contribution >= 4 is 12.4 Å². The van der Waals surface area contributed by atoms with Crippen molar-refractivity contribution in [2.75, 3.05) is 45.8 Å². The Labute approximate surface area is 147 Å². The van der Waals surface area contributed by atoms with Gasteiger partial charge in [0, 0.05) is 45.3 Å². The second-order valence-electron chi connectivity index (χ2n) is 7.18. The fourth-order valence-electron chi connectivity index (χ4n) is 3.72. The zero-order valence-corrected chi connectivity index (χ0v) is 15.4. The average Bonchev–Trinajstić information content (AvgIpc) is 3.03. The molecule has 2 saturated heterocycles. The van der Waals surface area contributed by atoms with Crippen LogP contribution in [-0.2, 0) is 6.42 Å². The monoisotopic (exact) mass is 337 g/mol. The van der Waals surface area contributed by atoms with Gasteiger partial charge in [-0.05, 0) is 36.4 Å². The first kappa shape index (κ1) is 18.7. The summed E-state index contributed by atoms with van der Waals surface area (Å²) in [5.41, 5.74) is 2.93. The van der Waals surface area contributed by atoms with E-state index in [0.29, 0.717) is 5.92 Å². The number of benzene rings is 1. The van der Waals surface area contributed by atoms with Gasteiger partial charge in [-0.15, -0.1) is 12.4 Å². The largest absolute Gasteiger partial charge is 0.314 e. The van der Waals surface area contributed by atoms with Gasteiger partial charge in [-0.1, -0.05) is 38.1 Å². The second-order valence-corrected chi connectivity index (χ2v) is 7.18. The zero-order valence-electron chi connectivity index (χ0n) is 14.6. The van der Waals surface area contributed by atoms with Gasteiger partial charge in [-0.3, -0.25) is 4.90 Å². The maximum Gasteiger partial charge on any atom is 0.0236 e. The predicted octanol–water partition coefficient (Wildman–Crippen LogP) is 2.75. The van der Waals surface area contributed by atoms with Crippen LogP contribution in [0.3, 0.4) is 0 Å². The smallest absolute Gasteiger partial charge is 0.0236 e. The molecular weight excluding hydrogens is 306 g/mol. The number of hydrogen-bond donors (Lipinski definition) is 1. The lowest BCUT2D eigenvalue weighted by Crippen LogP contribution is -2.49. The van der Waals surface area contributed by atoms with Crippen LogP contribution in [0, 0.1) is 0 Å². The highest BCUT2D eigenvalue weighted by Gasteiger charge is 2.27. The summed E-state index contributed by atoms with van der Waals surface area (Å²) in [6.07, 6.45) is 2.54. The molecule has 1 aromatic carbocycles. The normalized spacial score (nSPS) is 23.2. The molecule has 2 heterocycles. The number of nitrogens with zero attached hydrogens (tertiary/aromatic N) is 2. The number of rotatable bonds is 5. The molecule has 23 heavy (non-hydrogen) atoms. The summed E-state index contributed by atoms with van der Waals surface area (Å²) in [7, 11) is 0. The number of likely N-dealkylation sites (tertiary alicyclic amines) is 1. The Morgan fingerprint density at radius 2 is 1.78 bits per heavy atom. The molecule has 0 aromatic heterocycles. The maximum absolute atomic E-state index is 3.45. The molecule has 0 spiro atoms. The first-order valence-electron chi connectivity index (χ1n) is 8.98. The Morgan fingerprint density at radius 1 is 1.09 bits per heavy atom. The second kappa shape index (κ2) is 9.03. The molecule has 2 aliphatic rings. The fourth-order valence-corrected chi connectivity index (χ4v) is 3.72. The van der Waals surface area contributed by atoms with Gasteiger partial charge in [0.15, 0.2) is 0 Å². The van der Waals surface area contributed by atoms with E-state index in [0.717, 1.165) is 6.04 Å². The Bertz CT molecular complexity index is 454. The molecule has 0 bridgehead atoms. The molecule has 1 unspecified atom stereocenters. The highest BCUT2D eigenvalue weighted by Crippen LogP contribution is 2.18. The van der Waals surface area contributed by atoms with E-state index in [1.807, 2.05) is 0 Å². The number of hydrogen-bond acceptors (Lipinski definition) is 3. The standard InChI is InChI=1S/C19H31N3.ClH/c1-16(2)18-5-3-17(4-6-18)7-11-21-12-8-19(15-21)22-13-9-20-10-14-22;/h3-6,16,19-20H,7-15H2,1-2H3;1H. The molecule has 1 aromatic rings. The third-order valence-corrected chi connectivity index (χ3v) is 5.28. The minimum absolute atomic E-state index is 0. The molecule has 3 nitrogen and oxygen atoms in total. The first-order chi connectivity index (χ1) is 10.7. The van der Waals surface area contributed by atoms with Gasteiger partial charge in [-0.2, -0.15) is 0 Å². The molecular formula is C19H32ClN3. The summed E-state index contributed by atoms with van der Waals surface area (Å²) in [6.45, 7) is 13.1. The van der Waals surface area contributed by atoms with Gasteiger partial charge < -0.3 is 10.2 Å². The third kappa shape index (κ3) is 5.18. The van der Waals surface area contributed by atoms with Crippen molar-refractivity contribution in [3.63, 3.8) is 0 Å². The number of halogens is 1. The van der Waals surface area contributed by atoms with Crippen LogP contribution in [0.15, 0.2) is 24.3 Å². The van der Waals surface area contributed by atoms with Crippen LogP contribution in [-0.4, -0.2) is 61.7 Å². The van der Waals surface area contributed by atoms with E-state index in [1.165, 1.54) is 69.8 Å². The molecule has 0 aliphatic carbocycles. The minimum atomic E-state index is 0. The lowest BCUT2D eigenvalue weighted by molar-refractivity contribution is 0.172. The summed E-state index contributed by atoms with van der Waals surface area (Å²) in [4.78, 5) is 5.34. The van der Waals surface area contributed by atoms with Gasteiger partial charge >= 0.3 is 0 Å². The van der Waals surface area contributed by atoms with Crippen molar-refractivity contribution in [3.05, 3.63) is 35.4 Å². The molecule has 3 rings (SSSR count). The lowest BCUT2D eigenvalue weighted by atomic mass is 10.0. The molecule has 0 radical (unpaired) electrons. The van der Waals surface area contributed by atoms with Crippen LogP contribution in [0.25, 0.3) is 0 Å². The molecule has 2 fully saturated rings. The van der Waals surface area contributed by atoms with Crippen LogP contribution < -0.4 is 5.32 Å². The summed E-state index contributed by atoms with van der Waals surface area (Å²) in [5, 5.41) is 3.45. The molecule has 1 N–H and O–H groups in total. The number of nitrogens with one attached hydrogen (secondary N) is 1. The van der Waals surface area contributed by atoms with Crippen LogP contribution in [0.4, 0.5) is 0 Å². The number of piperazine rings is 1. The van der Waals surface area contributed by atoms with Gasteiger partial charge in [0.25, 0.3) is 0 Å². The van der Waals surface area contributed by atoms with Crippen molar-refractivity contribution in [1.82, 2.24) is 15.1 Å². The summed E-state index contributed by atoms with van der Waals surface area (Å²) in [5.74, 6) is 0.632. The van der Waals surface area contributed by atoms with Gasteiger partial charge in [0.2, 0.25) is 0 Å². The third-order valence-electron chi connectivity index (χ3n) is 5.28. The highest BCUT2D eigenvalue weighted by atomic mass is 35.5. The van der Waals surface area contributed by atoms with Gasteiger partial charge in [0.1, 0.15) is 0 Å². The zero-order chi connectivity index (χ0) is 15.4. The van der Waals surface area contributed by atoms with E-state index in [2.05, 4.69) is 53.2 Å². The maximum atomic E-state index is 3.45. The SMILES string of the molecule is CC(C)c1ccc(CCN2CCC(N3CCNCC3)C2)cc1.Cl. The predicted molar refractivity (Wildman–Crippen MR) is 101 cm³/mol. The minimum Gasteiger partial charge on any atom is -0.314 e. The molecule has 2 aliphatic heterocycles. The molecule has 4 heteroatoms. The van der Waals surface area contributed by atoms with Crippen molar-refractivity contribution in [1.29, 1.82) is 0 Å². The van der Waals surface area contributed by atoms with Crippen LogP contribution >= 0.6 is 12.4 Å². The van der Waals surface area contributed by atoms with Gasteiger partial charge in [0.05, 0.1) is 0 Å². The topological polar surface area (TPSA) is 18.5 Å². The van der Waals surface area contributed by atoms with Crippen LogP contribution in [0.5, 0.6) is 0 Å². The summed E-state index contributed by atoms with van der Waals surface area (Å²) >= 11 is 0. The Balaban J connectivity index is 0.00000192. The fraction of sp³-hybridized carbons (Fsp3) is 0.684. The van der Waals surface area contributed by atoms with E-state index in [1.54, 1.807) is 0 Å². The Morgan fingerprint density at radius 3 is 2.43 bits per heavy atom. The first-order valence-corrected chi connectivity index (χ1v) is 8.98. The van der Waals surface area contributed by atoms with Crippen molar-refractivity contribution in [2.45, 2.75) is 38.6 Å². The van der Waals surface area contributed by atoms with Gasteiger partial charge in [-0.25, -0.2) is 0 Å². The van der Waals surface area contributed by atoms with Crippen LogP contribution in [0.2, 0.25) is 0 Å². The van der Waals surface area contributed by atoms with E-state index >= 15 is 0 Å². The average molecular weight is 338 g/mol. The summed E-state index contributed by atoms with van der Waals surface area (Å²) in [6, 6.07) is 10.0. The van der Waals surface area contributed by atoms with E-state index in [9.17, 15) is 0 Å². The Kier molecular flexibility index (Phi) is 7.35. The van der Waals surface area contributed by atoms with Crippen molar-refractivity contribution in [2.24, 2.45) is 0 Å². The van der Waals surface area contributed by atoms with E-state index < -0.39 is 0 Å². The lowest BCUT2D eigenvalue weighted by Gasteiger charge is -2.32. The van der Waals surface area contributed by atoms with Crippen molar-refractivity contribution in [3.8, 4) is 0 Å². The van der Waals surface area contributed by atoms with Crippen molar-refractivity contribution < 1.29 is 0 Å². The molecule has 0 amide bonds. The Hall–Kier alpha value is -0.610. The quantitative estimate of drug-likeness (QED) is 0.891. The van der Waals surface area contributed by atoms with E-state index in [4.69, 9.17) is 0 Å². The molecule has 1 atom stereocenters. The summed E-state index contributed by atoms with van der Waals surface area (Å²) < 4.78 is 0.